The number of halogens is 1. The Bertz CT molecular complexity index is 1080. The van der Waals surface area contributed by atoms with Crippen molar-refractivity contribution in [3.05, 3.63) is 65.9 Å². The lowest BCUT2D eigenvalue weighted by atomic mass is 9.94. The summed E-state index contributed by atoms with van der Waals surface area (Å²) in [4.78, 5) is 23.0. The molecule has 0 atom stereocenters. The van der Waals surface area contributed by atoms with Crippen LogP contribution in [0.3, 0.4) is 0 Å². The van der Waals surface area contributed by atoms with E-state index in [0.29, 0.717) is 11.2 Å². The Morgan fingerprint density at radius 3 is 2.31 bits per heavy atom. The summed E-state index contributed by atoms with van der Waals surface area (Å²) in [5.74, 6) is 0.537. The zero-order chi connectivity index (χ0) is 21.9. The summed E-state index contributed by atoms with van der Waals surface area (Å²) in [7, 11) is 0. The summed E-state index contributed by atoms with van der Waals surface area (Å²) in [6.07, 6.45) is 7.67. The SMILES string of the molecule is O=C(C1CCN(c2ccncc2)CC1)N1CCC(Sc2ccc3cc(Cl)ccc3c2)CC1. The molecule has 0 spiro atoms. The Kier molecular flexibility index (Phi) is 6.56. The molecule has 2 saturated heterocycles. The molecule has 2 fully saturated rings. The maximum Gasteiger partial charge on any atom is 0.225 e. The maximum atomic E-state index is 13.1. The van der Waals surface area contributed by atoms with Gasteiger partial charge in [0.2, 0.25) is 5.91 Å². The molecule has 0 bridgehead atoms. The van der Waals surface area contributed by atoms with E-state index in [-0.39, 0.29) is 5.92 Å². The predicted octanol–water partition coefficient (Wildman–Crippen LogP) is 5.89. The highest BCUT2D eigenvalue weighted by atomic mass is 35.5. The van der Waals surface area contributed by atoms with Crippen LogP contribution in [-0.4, -0.2) is 47.2 Å². The first-order valence-corrected chi connectivity index (χ1v) is 12.7. The molecular formula is C26H28ClN3OS. The van der Waals surface area contributed by atoms with Gasteiger partial charge >= 0.3 is 0 Å². The van der Waals surface area contributed by atoms with Crippen molar-refractivity contribution in [1.82, 2.24) is 9.88 Å². The number of rotatable bonds is 4. The number of hydrogen-bond donors (Lipinski definition) is 0. The first kappa shape index (κ1) is 21.6. The van der Waals surface area contributed by atoms with Crippen LogP contribution in [-0.2, 0) is 4.79 Å². The molecule has 3 heterocycles. The number of piperidine rings is 2. The fourth-order valence-electron chi connectivity index (χ4n) is 4.85. The van der Waals surface area contributed by atoms with Crippen molar-refractivity contribution in [1.29, 1.82) is 0 Å². The van der Waals surface area contributed by atoms with Crippen molar-refractivity contribution >= 4 is 45.7 Å². The first-order chi connectivity index (χ1) is 15.7. The summed E-state index contributed by atoms with van der Waals surface area (Å²) in [6, 6.07) is 16.7. The minimum atomic E-state index is 0.171. The Morgan fingerprint density at radius 2 is 1.56 bits per heavy atom. The molecule has 2 aromatic carbocycles. The van der Waals surface area contributed by atoms with E-state index >= 15 is 0 Å². The molecule has 3 aromatic rings. The third-order valence-electron chi connectivity index (χ3n) is 6.70. The quantitative estimate of drug-likeness (QED) is 0.481. The summed E-state index contributed by atoms with van der Waals surface area (Å²) < 4.78 is 0. The highest BCUT2D eigenvalue weighted by molar-refractivity contribution is 8.00. The molecule has 4 nitrogen and oxygen atoms in total. The van der Waals surface area contributed by atoms with E-state index in [1.54, 1.807) is 0 Å². The van der Waals surface area contributed by atoms with E-state index in [4.69, 9.17) is 11.6 Å². The standard InChI is InChI=1S/C26H28ClN3OS/c27-22-3-1-21-18-25(4-2-20(21)17-22)32-24-9-15-30(16-10-24)26(31)19-7-13-29(14-8-19)23-5-11-28-12-6-23/h1-6,11-12,17-19,24H,7-10,13-16H2. The topological polar surface area (TPSA) is 36.4 Å². The van der Waals surface area contributed by atoms with Crippen molar-refractivity contribution in [3.8, 4) is 0 Å². The number of fused-ring (bicyclic) bond motifs is 1. The third kappa shape index (κ3) is 4.89. The number of aromatic nitrogens is 1. The lowest BCUT2D eigenvalue weighted by Crippen LogP contribution is -2.46. The van der Waals surface area contributed by atoms with Crippen molar-refractivity contribution < 1.29 is 4.79 Å². The second-order valence-electron chi connectivity index (χ2n) is 8.76. The van der Waals surface area contributed by atoms with Crippen LogP contribution < -0.4 is 4.90 Å². The Hall–Kier alpha value is -2.24. The number of thioether (sulfide) groups is 1. The van der Waals surface area contributed by atoms with Gasteiger partial charge in [-0.2, -0.15) is 0 Å². The van der Waals surface area contributed by atoms with Gasteiger partial charge in [-0.05, 0) is 72.9 Å². The molecule has 6 heteroatoms. The van der Waals surface area contributed by atoms with E-state index in [0.717, 1.165) is 56.9 Å². The van der Waals surface area contributed by atoms with Gasteiger partial charge in [-0.1, -0.05) is 23.7 Å². The molecule has 0 radical (unpaired) electrons. The molecule has 0 N–H and O–H groups in total. The highest BCUT2D eigenvalue weighted by Gasteiger charge is 2.31. The molecule has 5 rings (SSSR count). The van der Waals surface area contributed by atoms with Crippen LogP contribution in [0.4, 0.5) is 5.69 Å². The molecule has 1 aromatic heterocycles. The number of hydrogen-bond acceptors (Lipinski definition) is 4. The number of benzene rings is 2. The van der Waals surface area contributed by atoms with E-state index in [1.807, 2.05) is 36.3 Å². The molecule has 2 aliphatic heterocycles. The van der Waals surface area contributed by atoms with E-state index in [9.17, 15) is 4.79 Å². The fraction of sp³-hybridized carbons (Fsp3) is 0.385. The van der Waals surface area contributed by atoms with Crippen LogP contribution in [0.2, 0.25) is 5.02 Å². The number of carbonyl (C=O) groups excluding carboxylic acids is 1. The Morgan fingerprint density at radius 1 is 0.875 bits per heavy atom. The van der Waals surface area contributed by atoms with E-state index in [2.05, 4.69) is 51.2 Å². The summed E-state index contributed by atoms with van der Waals surface area (Å²) in [6.45, 7) is 3.65. The molecule has 1 amide bonds. The lowest BCUT2D eigenvalue weighted by molar-refractivity contribution is -0.137. The largest absolute Gasteiger partial charge is 0.371 e. The molecule has 0 saturated carbocycles. The molecule has 0 unspecified atom stereocenters. The van der Waals surface area contributed by atoms with Gasteiger partial charge in [0.25, 0.3) is 0 Å². The normalized spacial score (nSPS) is 18.3. The minimum absolute atomic E-state index is 0.171. The molecule has 2 aliphatic rings. The van der Waals surface area contributed by atoms with Crippen LogP contribution >= 0.6 is 23.4 Å². The van der Waals surface area contributed by atoms with Crippen LogP contribution in [0.1, 0.15) is 25.7 Å². The van der Waals surface area contributed by atoms with Gasteiger partial charge in [-0.15, -0.1) is 11.8 Å². The lowest BCUT2D eigenvalue weighted by Gasteiger charge is -2.37. The molecular weight excluding hydrogens is 438 g/mol. The monoisotopic (exact) mass is 465 g/mol. The van der Waals surface area contributed by atoms with Gasteiger partial charge in [0.1, 0.15) is 0 Å². The average molecular weight is 466 g/mol. The Balaban J connectivity index is 1.11. The second-order valence-corrected chi connectivity index (χ2v) is 10.6. The van der Waals surface area contributed by atoms with E-state index < -0.39 is 0 Å². The van der Waals surface area contributed by atoms with Gasteiger partial charge in [-0.25, -0.2) is 0 Å². The smallest absolute Gasteiger partial charge is 0.225 e. The Labute approximate surface area is 199 Å². The predicted molar refractivity (Wildman–Crippen MR) is 134 cm³/mol. The van der Waals surface area contributed by atoms with Crippen molar-refractivity contribution in [3.63, 3.8) is 0 Å². The summed E-state index contributed by atoms with van der Waals surface area (Å²) >= 11 is 8.05. The average Bonchev–Trinajstić information content (AvgIpc) is 2.85. The number of amides is 1. The van der Waals surface area contributed by atoms with Crippen LogP contribution in [0.5, 0.6) is 0 Å². The number of carbonyl (C=O) groups is 1. The number of pyridine rings is 1. The zero-order valence-electron chi connectivity index (χ0n) is 18.1. The number of likely N-dealkylation sites (tertiary alicyclic amines) is 1. The number of nitrogens with zero attached hydrogens (tertiary/aromatic N) is 3. The maximum absolute atomic E-state index is 13.1. The van der Waals surface area contributed by atoms with Gasteiger partial charge in [0.15, 0.2) is 0 Å². The van der Waals surface area contributed by atoms with Crippen molar-refractivity contribution in [2.24, 2.45) is 5.92 Å². The molecule has 166 valence electrons. The van der Waals surface area contributed by atoms with Gasteiger partial charge < -0.3 is 9.80 Å². The van der Waals surface area contributed by atoms with Crippen molar-refractivity contribution in [2.75, 3.05) is 31.1 Å². The van der Waals surface area contributed by atoms with Gasteiger partial charge in [0, 0.05) is 65.3 Å². The minimum Gasteiger partial charge on any atom is -0.371 e. The van der Waals surface area contributed by atoms with Crippen LogP contribution in [0.25, 0.3) is 10.8 Å². The molecule has 0 aliphatic carbocycles. The second kappa shape index (κ2) is 9.72. The highest BCUT2D eigenvalue weighted by Crippen LogP contribution is 2.34. The number of anilines is 1. The van der Waals surface area contributed by atoms with Crippen LogP contribution in [0, 0.1) is 5.92 Å². The first-order valence-electron chi connectivity index (χ1n) is 11.5. The van der Waals surface area contributed by atoms with Gasteiger partial charge in [-0.3, -0.25) is 9.78 Å². The zero-order valence-corrected chi connectivity index (χ0v) is 19.7. The van der Waals surface area contributed by atoms with Gasteiger partial charge in [0.05, 0.1) is 0 Å². The van der Waals surface area contributed by atoms with Crippen molar-refractivity contribution in [2.45, 2.75) is 35.8 Å². The van der Waals surface area contributed by atoms with Crippen LogP contribution in [0.15, 0.2) is 65.8 Å². The summed E-state index contributed by atoms with van der Waals surface area (Å²) in [5, 5.41) is 3.75. The fourth-order valence-corrected chi connectivity index (χ4v) is 6.21. The van der Waals surface area contributed by atoms with E-state index in [1.165, 1.54) is 21.4 Å². The molecule has 32 heavy (non-hydrogen) atoms. The summed E-state index contributed by atoms with van der Waals surface area (Å²) in [5.41, 5.74) is 1.21. The third-order valence-corrected chi connectivity index (χ3v) is 8.27.